The highest BCUT2D eigenvalue weighted by atomic mass is 32.2. The first-order chi connectivity index (χ1) is 9.59. The van der Waals surface area contributed by atoms with E-state index in [4.69, 9.17) is 0 Å². The fourth-order valence-electron chi connectivity index (χ4n) is 2.98. The van der Waals surface area contributed by atoms with E-state index in [1.807, 2.05) is 13.8 Å². The van der Waals surface area contributed by atoms with Crippen molar-refractivity contribution in [2.24, 2.45) is 10.9 Å². The zero-order chi connectivity index (χ0) is 15.7. The van der Waals surface area contributed by atoms with E-state index < -0.39 is 15.6 Å². The van der Waals surface area contributed by atoms with Crippen LogP contribution in [0, 0.1) is 5.92 Å². The predicted molar refractivity (Wildman–Crippen MR) is 90.3 cm³/mol. The lowest BCUT2D eigenvalue weighted by Crippen LogP contribution is -2.47. The molecule has 0 bridgehead atoms. The number of sulfonamides is 1. The molecule has 2 fully saturated rings. The summed E-state index contributed by atoms with van der Waals surface area (Å²) in [5.74, 6) is 1.92. The third-order valence-corrected chi connectivity index (χ3v) is 6.29. The second-order valence-electron chi connectivity index (χ2n) is 7.26. The third-order valence-electron chi connectivity index (χ3n) is 4.17. The molecule has 1 saturated carbocycles. The van der Waals surface area contributed by atoms with E-state index in [0.29, 0.717) is 6.54 Å². The van der Waals surface area contributed by atoms with Crippen LogP contribution in [0.2, 0.25) is 0 Å². The average Bonchev–Trinajstić information content (AvgIpc) is 2.72. The molecule has 2 N–H and O–H groups in total. The number of nitrogens with zero attached hydrogens (tertiary/aromatic N) is 1. The third kappa shape index (κ3) is 5.14. The number of nitrogens with one attached hydrogen (secondary N) is 2. The van der Waals surface area contributed by atoms with Gasteiger partial charge in [-0.3, -0.25) is 4.99 Å². The van der Waals surface area contributed by atoms with Gasteiger partial charge in [-0.1, -0.05) is 18.7 Å². The standard InChI is InChI=1S/C14H27N3O2S2/c1-11-5-7-14(8-6-11)10-20-12(16-14)15-9-13(2,3)17-21(4,18)19/h11,17H,5-10H2,1-4H3,(H,15,16). The average molecular weight is 334 g/mol. The van der Waals surface area contributed by atoms with Gasteiger partial charge in [-0.2, -0.15) is 0 Å². The molecule has 21 heavy (non-hydrogen) atoms. The van der Waals surface area contributed by atoms with Crippen LogP contribution < -0.4 is 10.0 Å². The minimum Gasteiger partial charge on any atom is -0.359 e. The number of aliphatic imine (C=N–C) groups is 1. The minimum absolute atomic E-state index is 0.227. The van der Waals surface area contributed by atoms with Crippen molar-refractivity contribution in [1.29, 1.82) is 0 Å². The van der Waals surface area contributed by atoms with Gasteiger partial charge in [0.2, 0.25) is 10.0 Å². The Kier molecular flexibility index (Phi) is 4.95. The van der Waals surface area contributed by atoms with E-state index in [1.54, 1.807) is 11.8 Å². The van der Waals surface area contributed by atoms with Gasteiger partial charge in [0.15, 0.2) is 5.17 Å². The molecule has 0 aromatic heterocycles. The van der Waals surface area contributed by atoms with E-state index in [0.717, 1.165) is 16.8 Å². The molecule has 1 aliphatic heterocycles. The van der Waals surface area contributed by atoms with Crippen LogP contribution in [-0.4, -0.2) is 43.2 Å². The van der Waals surface area contributed by atoms with Crippen LogP contribution in [0.3, 0.4) is 0 Å². The fourth-order valence-corrected chi connectivity index (χ4v) is 5.27. The van der Waals surface area contributed by atoms with Crippen LogP contribution in [0.25, 0.3) is 0 Å². The smallest absolute Gasteiger partial charge is 0.209 e. The Morgan fingerprint density at radius 2 is 2.05 bits per heavy atom. The van der Waals surface area contributed by atoms with Crippen LogP contribution in [0.15, 0.2) is 4.99 Å². The molecule has 1 heterocycles. The monoisotopic (exact) mass is 333 g/mol. The van der Waals surface area contributed by atoms with Crippen molar-refractivity contribution in [2.75, 3.05) is 18.6 Å². The Morgan fingerprint density at radius 3 is 2.62 bits per heavy atom. The molecule has 0 radical (unpaired) electrons. The zero-order valence-electron chi connectivity index (χ0n) is 13.4. The van der Waals surface area contributed by atoms with Crippen LogP contribution in [0.1, 0.15) is 46.5 Å². The van der Waals surface area contributed by atoms with E-state index >= 15 is 0 Å². The van der Waals surface area contributed by atoms with Crippen LogP contribution in [0.5, 0.6) is 0 Å². The van der Waals surface area contributed by atoms with Crippen molar-refractivity contribution >= 4 is 27.0 Å². The second-order valence-corrected chi connectivity index (χ2v) is 9.97. The maximum absolute atomic E-state index is 11.3. The van der Waals surface area contributed by atoms with Gasteiger partial charge < -0.3 is 5.32 Å². The molecule has 0 aromatic carbocycles. The minimum atomic E-state index is -3.21. The van der Waals surface area contributed by atoms with Gasteiger partial charge in [0.1, 0.15) is 0 Å². The topological polar surface area (TPSA) is 70.6 Å². The summed E-state index contributed by atoms with van der Waals surface area (Å²) in [5.41, 5.74) is -0.329. The molecule has 1 saturated heterocycles. The summed E-state index contributed by atoms with van der Waals surface area (Å²) in [7, 11) is -3.21. The van der Waals surface area contributed by atoms with E-state index in [2.05, 4.69) is 22.0 Å². The quantitative estimate of drug-likeness (QED) is 0.825. The van der Waals surface area contributed by atoms with E-state index in [1.165, 1.54) is 31.9 Å². The summed E-state index contributed by atoms with van der Waals surface area (Å²) in [6.45, 7) is 6.48. The number of hydrogen-bond donors (Lipinski definition) is 2. The highest BCUT2D eigenvalue weighted by Gasteiger charge is 2.39. The van der Waals surface area contributed by atoms with Gasteiger partial charge in [0, 0.05) is 16.8 Å². The first-order valence-electron chi connectivity index (χ1n) is 7.54. The SMILES string of the molecule is CC1CCC2(CC1)CSC(=NCC(C)(C)NS(C)(=O)=O)N2. The number of rotatable bonds is 4. The van der Waals surface area contributed by atoms with Gasteiger partial charge in [0.25, 0.3) is 0 Å². The van der Waals surface area contributed by atoms with Crippen molar-refractivity contribution < 1.29 is 8.42 Å². The van der Waals surface area contributed by atoms with Crippen molar-refractivity contribution in [1.82, 2.24) is 10.0 Å². The highest BCUT2D eigenvalue weighted by molar-refractivity contribution is 8.14. The molecule has 0 amide bonds. The Balaban J connectivity index is 1.92. The lowest BCUT2D eigenvalue weighted by molar-refractivity contribution is 0.250. The summed E-state index contributed by atoms with van der Waals surface area (Å²) in [6, 6.07) is 0. The molecule has 5 nitrogen and oxygen atoms in total. The molecule has 2 aliphatic rings. The summed E-state index contributed by atoms with van der Waals surface area (Å²) in [4.78, 5) is 4.59. The molecule has 1 aliphatic carbocycles. The molecule has 122 valence electrons. The van der Waals surface area contributed by atoms with Gasteiger partial charge in [-0.15, -0.1) is 0 Å². The molecule has 7 heteroatoms. The maximum atomic E-state index is 11.3. The summed E-state index contributed by atoms with van der Waals surface area (Å²) in [5, 5.41) is 4.56. The van der Waals surface area contributed by atoms with Gasteiger partial charge >= 0.3 is 0 Å². The van der Waals surface area contributed by atoms with Crippen LogP contribution in [-0.2, 0) is 10.0 Å². The van der Waals surface area contributed by atoms with Gasteiger partial charge in [0.05, 0.1) is 12.8 Å². The molecule has 0 unspecified atom stereocenters. The number of amidine groups is 1. The lowest BCUT2D eigenvalue weighted by atomic mass is 9.78. The predicted octanol–water partition coefficient (Wildman–Crippen LogP) is 1.96. The van der Waals surface area contributed by atoms with Crippen molar-refractivity contribution in [3.63, 3.8) is 0 Å². The second kappa shape index (κ2) is 6.08. The number of hydrogen-bond acceptors (Lipinski definition) is 4. The Labute approximate surface area is 132 Å². The van der Waals surface area contributed by atoms with Crippen molar-refractivity contribution in [3.8, 4) is 0 Å². The molecule has 0 aromatic rings. The highest BCUT2D eigenvalue weighted by Crippen LogP contribution is 2.38. The Morgan fingerprint density at radius 1 is 1.43 bits per heavy atom. The Bertz CT molecular complexity index is 506. The fraction of sp³-hybridized carbons (Fsp3) is 0.929. The molecular formula is C14H27N3O2S2. The first-order valence-corrected chi connectivity index (χ1v) is 10.4. The van der Waals surface area contributed by atoms with E-state index in [9.17, 15) is 8.42 Å². The van der Waals surface area contributed by atoms with Crippen molar-refractivity contribution in [2.45, 2.75) is 57.5 Å². The van der Waals surface area contributed by atoms with Crippen LogP contribution in [0.4, 0.5) is 0 Å². The largest absolute Gasteiger partial charge is 0.359 e. The summed E-state index contributed by atoms with van der Waals surface area (Å²) >= 11 is 1.77. The number of thioether (sulfide) groups is 1. The molecule has 0 atom stereocenters. The zero-order valence-corrected chi connectivity index (χ0v) is 15.0. The van der Waals surface area contributed by atoms with Crippen molar-refractivity contribution in [3.05, 3.63) is 0 Å². The van der Waals surface area contributed by atoms with Gasteiger partial charge in [-0.25, -0.2) is 13.1 Å². The maximum Gasteiger partial charge on any atom is 0.209 e. The van der Waals surface area contributed by atoms with E-state index in [-0.39, 0.29) is 5.54 Å². The first kappa shape index (κ1) is 17.1. The molecular weight excluding hydrogens is 306 g/mol. The molecule has 2 rings (SSSR count). The molecule has 1 spiro atoms. The summed E-state index contributed by atoms with van der Waals surface area (Å²) in [6.07, 6.45) is 6.17. The summed E-state index contributed by atoms with van der Waals surface area (Å²) < 4.78 is 25.3. The van der Waals surface area contributed by atoms with Gasteiger partial charge in [-0.05, 0) is 45.4 Å². The normalized spacial score (nSPS) is 32.6. The van der Waals surface area contributed by atoms with Crippen LogP contribution >= 0.6 is 11.8 Å². The Hall–Kier alpha value is -0.270. The lowest BCUT2D eigenvalue weighted by Gasteiger charge is -2.35.